The van der Waals surface area contributed by atoms with Crippen LogP contribution in [0.25, 0.3) is 16.2 Å². The molecule has 0 aliphatic heterocycles. The van der Waals surface area contributed by atoms with Crippen LogP contribution in [-0.2, 0) is 0 Å². The molecule has 3 aromatic heterocycles. The highest BCUT2D eigenvalue weighted by molar-refractivity contribution is 7.15. The van der Waals surface area contributed by atoms with Crippen LogP contribution < -0.4 is 0 Å². The summed E-state index contributed by atoms with van der Waals surface area (Å²) >= 11 is 1.63. The van der Waals surface area contributed by atoms with E-state index in [1.807, 2.05) is 25.3 Å². The maximum atomic E-state index is 11.1. The van der Waals surface area contributed by atoms with E-state index in [9.17, 15) is 4.79 Å². The van der Waals surface area contributed by atoms with E-state index in [-0.39, 0.29) is 5.69 Å². The molecule has 1 N–H and O–H groups in total. The van der Waals surface area contributed by atoms with Crippen LogP contribution in [0.3, 0.4) is 0 Å². The molecule has 0 atom stereocenters. The first-order valence-corrected chi connectivity index (χ1v) is 6.10. The first-order valence-electron chi connectivity index (χ1n) is 5.29. The van der Waals surface area contributed by atoms with Crippen LogP contribution in [0.2, 0.25) is 0 Å². The van der Waals surface area contributed by atoms with Crippen LogP contribution in [0.15, 0.2) is 30.7 Å². The monoisotopic (exact) mass is 259 g/mol. The maximum absolute atomic E-state index is 11.1. The van der Waals surface area contributed by atoms with Gasteiger partial charge in [0.15, 0.2) is 11.3 Å². The Hall–Kier alpha value is -2.21. The summed E-state index contributed by atoms with van der Waals surface area (Å²) in [5.74, 6) is -1.07. The second-order valence-corrected chi connectivity index (χ2v) is 5.14. The quantitative estimate of drug-likeness (QED) is 0.767. The topological polar surface area (TPSA) is 67.5 Å². The summed E-state index contributed by atoms with van der Waals surface area (Å²) in [7, 11) is 0. The largest absolute Gasteiger partial charge is 0.476 e. The van der Waals surface area contributed by atoms with Crippen LogP contribution in [-0.4, -0.2) is 25.4 Å². The number of carboxylic acids is 1. The molecule has 0 saturated heterocycles. The predicted molar refractivity (Wildman–Crippen MR) is 68.0 cm³/mol. The zero-order valence-corrected chi connectivity index (χ0v) is 10.3. The Balaban J connectivity index is 2.22. The Morgan fingerprint density at radius 1 is 1.44 bits per heavy atom. The molecule has 3 heterocycles. The summed E-state index contributed by atoms with van der Waals surface area (Å²) in [6.45, 7) is 2.02. The van der Waals surface area contributed by atoms with E-state index in [2.05, 4.69) is 9.97 Å². The molecule has 0 aliphatic rings. The van der Waals surface area contributed by atoms with Gasteiger partial charge >= 0.3 is 5.97 Å². The lowest BCUT2D eigenvalue weighted by atomic mass is 10.4. The fourth-order valence-corrected chi connectivity index (χ4v) is 2.58. The number of aromatic nitrogens is 3. The average molecular weight is 259 g/mol. The van der Waals surface area contributed by atoms with E-state index < -0.39 is 5.97 Å². The van der Waals surface area contributed by atoms with Crippen LogP contribution in [0.5, 0.6) is 0 Å². The molecule has 6 heteroatoms. The number of hydrogen-bond donors (Lipinski definition) is 1. The average Bonchev–Trinajstić information content (AvgIpc) is 2.93. The van der Waals surface area contributed by atoms with Crippen LogP contribution in [0.4, 0.5) is 0 Å². The van der Waals surface area contributed by atoms with Gasteiger partial charge in [-0.3, -0.25) is 0 Å². The molecule has 0 fully saturated rings. The molecule has 0 unspecified atom stereocenters. The fraction of sp³-hybridized carbons (Fsp3) is 0.0833. The van der Waals surface area contributed by atoms with Gasteiger partial charge in [0.05, 0.1) is 10.6 Å². The van der Waals surface area contributed by atoms with Gasteiger partial charge in [-0.25, -0.2) is 14.8 Å². The van der Waals surface area contributed by atoms with Gasteiger partial charge in [0.1, 0.15) is 0 Å². The van der Waals surface area contributed by atoms with E-state index in [1.165, 1.54) is 11.1 Å². The van der Waals surface area contributed by atoms with Crippen molar-refractivity contribution >= 4 is 23.0 Å². The van der Waals surface area contributed by atoms with E-state index in [4.69, 9.17) is 5.11 Å². The number of carboxylic acid groups (broad SMARTS) is 1. The van der Waals surface area contributed by atoms with Crippen molar-refractivity contribution in [2.45, 2.75) is 6.92 Å². The minimum atomic E-state index is -1.07. The number of carbonyl (C=O) groups is 1. The number of imidazole rings is 1. The van der Waals surface area contributed by atoms with Crippen LogP contribution in [0, 0.1) is 6.92 Å². The summed E-state index contributed by atoms with van der Waals surface area (Å²) in [6.07, 6.45) is 4.97. The smallest absolute Gasteiger partial charge is 0.358 e. The lowest BCUT2D eigenvalue weighted by molar-refractivity contribution is 0.0692. The molecule has 0 bridgehead atoms. The Morgan fingerprint density at radius 2 is 2.28 bits per heavy atom. The van der Waals surface area contributed by atoms with Crippen LogP contribution in [0.1, 0.15) is 15.4 Å². The van der Waals surface area contributed by atoms with Crippen LogP contribution >= 0.6 is 11.3 Å². The van der Waals surface area contributed by atoms with Crippen molar-refractivity contribution in [1.29, 1.82) is 0 Å². The Kier molecular flexibility index (Phi) is 2.38. The van der Waals surface area contributed by atoms with E-state index >= 15 is 0 Å². The standard InChI is InChI=1S/C12H9N3O2S/c1-7-2-3-9(18-7)8-6-15-5-4-13-10(12(16)17)11(15)14-8/h2-6H,1H3,(H,16,17). The van der Waals surface area contributed by atoms with Gasteiger partial charge < -0.3 is 9.51 Å². The summed E-state index contributed by atoms with van der Waals surface area (Å²) < 4.78 is 1.68. The minimum Gasteiger partial charge on any atom is -0.476 e. The molecule has 0 spiro atoms. The number of hydrogen-bond acceptors (Lipinski definition) is 4. The van der Waals surface area contributed by atoms with Crippen molar-refractivity contribution in [3.05, 3.63) is 41.3 Å². The van der Waals surface area contributed by atoms with Gasteiger partial charge in [0.25, 0.3) is 0 Å². The summed E-state index contributed by atoms with van der Waals surface area (Å²) in [6, 6.07) is 4.00. The first kappa shape index (κ1) is 10.9. The molecule has 90 valence electrons. The Morgan fingerprint density at radius 3 is 2.94 bits per heavy atom. The van der Waals surface area contributed by atoms with E-state index in [1.54, 1.807) is 21.9 Å². The van der Waals surface area contributed by atoms with Gasteiger partial charge in [0, 0.05) is 23.5 Å². The lowest BCUT2D eigenvalue weighted by Gasteiger charge is -1.95. The third-order valence-corrected chi connectivity index (χ3v) is 3.59. The number of rotatable bonds is 2. The second kappa shape index (κ2) is 3.92. The van der Waals surface area contributed by atoms with Crippen molar-refractivity contribution in [2.75, 3.05) is 0 Å². The van der Waals surface area contributed by atoms with Gasteiger partial charge in [-0.1, -0.05) is 0 Å². The molecule has 5 nitrogen and oxygen atoms in total. The minimum absolute atomic E-state index is 0.0305. The molecule has 18 heavy (non-hydrogen) atoms. The van der Waals surface area contributed by atoms with E-state index in [0.717, 1.165) is 10.6 Å². The lowest BCUT2D eigenvalue weighted by Crippen LogP contribution is -2.03. The molecular weight excluding hydrogens is 250 g/mol. The normalized spacial score (nSPS) is 10.9. The van der Waals surface area contributed by atoms with Gasteiger partial charge in [-0.15, -0.1) is 11.3 Å². The van der Waals surface area contributed by atoms with Gasteiger partial charge in [-0.05, 0) is 19.1 Å². The molecule has 0 aliphatic carbocycles. The fourth-order valence-electron chi connectivity index (χ4n) is 1.76. The van der Waals surface area contributed by atoms with Crippen molar-refractivity contribution < 1.29 is 9.90 Å². The molecule has 3 rings (SSSR count). The molecule has 0 saturated carbocycles. The number of fused-ring (bicyclic) bond motifs is 1. The Labute approximate surface area is 106 Å². The van der Waals surface area contributed by atoms with Gasteiger partial charge in [-0.2, -0.15) is 0 Å². The molecule has 0 aromatic carbocycles. The number of aromatic carboxylic acids is 1. The highest BCUT2D eigenvalue weighted by atomic mass is 32.1. The molecular formula is C12H9N3O2S. The van der Waals surface area contributed by atoms with Crippen molar-refractivity contribution in [3.8, 4) is 10.6 Å². The third-order valence-electron chi connectivity index (χ3n) is 2.57. The summed E-state index contributed by atoms with van der Waals surface area (Å²) in [4.78, 5) is 21.5. The molecule has 0 amide bonds. The zero-order valence-electron chi connectivity index (χ0n) is 9.49. The van der Waals surface area contributed by atoms with E-state index in [0.29, 0.717) is 5.65 Å². The third kappa shape index (κ3) is 1.67. The Bertz CT molecular complexity index is 745. The summed E-state index contributed by atoms with van der Waals surface area (Å²) in [5, 5.41) is 9.05. The SMILES string of the molecule is Cc1ccc(-c2cn3ccnc(C(=O)O)c3n2)s1. The molecule has 0 radical (unpaired) electrons. The van der Waals surface area contributed by atoms with Crippen molar-refractivity contribution in [1.82, 2.24) is 14.4 Å². The zero-order chi connectivity index (χ0) is 12.7. The number of thiophene rings is 1. The van der Waals surface area contributed by atoms with Crippen molar-refractivity contribution in [2.24, 2.45) is 0 Å². The molecule has 3 aromatic rings. The maximum Gasteiger partial charge on any atom is 0.358 e. The number of aryl methyl sites for hydroxylation is 1. The summed E-state index contributed by atoms with van der Waals surface area (Å²) in [5.41, 5.74) is 1.10. The first-order chi connectivity index (χ1) is 8.65. The van der Waals surface area contributed by atoms with Crippen molar-refractivity contribution in [3.63, 3.8) is 0 Å². The van der Waals surface area contributed by atoms with Gasteiger partial charge in [0.2, 0.25) is 0 Å². The highest BCUT2D eigenvalue weighted by Crippen LogP contribution is 2.27. The predicted octanol–water partition coefficient (Wildman–Crippen LogP) is 2.46. The highest BCUT2D eigenvalue weighted by Gasteiger charge is 2.14. The number of nitrogens with zero attached hydrogens (tertiary/aromatic N) is 3. The second-order valence-electron chi connectivity index (χ2n) is 3.85.